The van der Waals surface area contributed by atoms with Crippen LogP contribution < -0.4 is 4.74 Å². The van der Waals surface area contributed by atoms with Crippen molar-refractivity contribution in [2.24, 2.45) is 5.92 Å². The van der Waals surface area contributed by atoms with Gasteiger partial charge >= 0.3 is 0 Å². The van der Waals surface area contributed by atoms with Crippen molar-refractivity contribution < 1.29 is 9.84 Å². The summed E-state index contributed by atoms with van der Waals surface area (Å²) in [5.41, 5.74) is 2.36. The number of hydrogen-bond acceptors (Lipinski definition) is 5. The van der Waals surface area contributed by atoms with E-state index in [0.29, 0.717) is 19.1 Å². The molecule has 0 amide bonds. The molecule has 0 aliphatic carbocycles. The lowest BCUT2D eigenvalue weighted by Crippen LogP contribution is -2.34. The molecule has 1 saturated heterocycles. The fraction of sp³-hybridized carbons (Fsp3) is 0.500. The Morgan fingerprint density at radius 2 is 2.00 bits per heavy atom. The summed E-state index contributed by atoms with van der Waals surface area (Å²) in [7, 11) is 0. The smallest absolute Gasteiger partial charge is 0.140 e. The molecule has 1 aromatic heterocycles. The second-order valence-corrected chi connectivity index (χ2v) is 7.18. The van der Waals surface area contributed by atoms with Crippen molar-refractivity contribution in [2.45, 2.75) is 32.9 Å². The molecule has 0 spiro atoms. The average Bonchev–Trinajstić information content (AvgIpc) is 3.02. The number of rotatable bonds is 6. The lowest BCUT2D eigenvalue weighted by Gasteiger charge is -2.30. The van der Waals surface area contributed by atoms with E-state index in [4.69, 9.17) is 4.74 Å². The largest absolute Gasteiger partial charge is 0.486 e. The van der Waals surface area contributed by atoms with Crippen LogP contribution in [0.2, 0.25) is 0 Å². The Morgan fingerprint density at radius 3 is 2.70 bits per heavy atom. The predicted molar refractivity (Wildman–Crippen MR) is 92.7 cm³/mol. The number of likely N-dealkylation sites (tertiary alicyclic amines) is 1. The molecule has 0 atom stereocenters. The SMILES string of the molecule is Cc1ccc(OCc2nc(CN3CCC(CO)CC3)cs2)cc1. The lowest BCUT2D eigenvalue weighted by molar-refractivity contribution is 0.126. The summed E-state index contributed by atoms with van der Waals surface area (Å²) in [4.78, 5) is 7.10. The van der Waals surface area contributed by atoms with Gasteiger partial charge < -0.3 is 9.84 Å². The highest BCUT2D eigenvalue weighted by Crippen LogP contribution is 2.20. The highest BCUT2D eigenvalue weighted by Gasteiger charge is 2.19. The third-order valence-electron chi connectivity index (χ3n) is 4.33. The molecule has 0 bridgehead atoms. The van der Waals surface area contributed by atoms with Crippen LogP contribution in [0.25, 0.3) is 0 Å². The Labute approximate surface area is 141 Å². The van der Waals surface area contributed by atoms with E-state index < -0.39 is 0 Å². The van der Waals surface area contributed by atoms with Gasteiger partial charge in [0.25, 0.3) is 0 Å². The monoisotopic (exact) mass is 332 g/mol. The average molecular weight is 332 g/mol. The minimum Gasteiger partial charge on any atom is -0.486 e. The summed E-state index contributed by atoms with van der Waals surface area (Å²) in [5, 5.41) is 12.3. The molecule has 1 aliphatic rings. The maximum Gasteiger partial charge on any atom is 0.140 e. The molecular formula is C18H24N2O2S. The van der Waals surface area contributed by atoms with Gasteiger partial charge in [0.15, 0.2) is 0 Å². The first kappa shape index (κ1) is 16.4. The maximum atomic E-state index is 9.20. The molecule has 5 heteroatoms. The zero-order valence-corrected chi connectivity index (χ0v) is 14.4. The van der Waals surface area contributed by atoms with Gasteiger partial charge in [-0.1, -0.05) is 17.7 Å². The number of aromatic nitrogens is 1. The van der Waals surface area contributed by atoms with E-state index in [1.807, 2.05) is 12.1 Å². The number of nitrogens with zero attached hydrogens (tertiary/aromatic N) is 2. The second-order valence-electron chi connectivity index (χ2n) is 6.24. The highest BCUT2D eigenvalue weighted by atomic mass is 32.1. The molecule has 23 heavy (non-hydrogen) atoms. The molecule has 1 fully saturated rings. The number of aliphatic hydroxyl groups excluding tert-OH is 1. The second kappa shape index (κ2) is 7.90. The first-order valence-electron chi connectivity index (χ1n) is 8.19. The van der Waals surface area contributed by atoms with Crippen LogP contribution in [0.15, 0.2) is 29.6 Å². The third kappa shape index (κ3) is 4.77. The first-order valence-corrected chi connectivity index (χ1v) is 9.07. The topological polar surface area (TPSA) is 45.6 Å². The van der Waals surface area contributed by atoms with E-state index in [-0.39, 0.29) is 0 Å². The van der Waals surface area contributed by atoms with Crippen molar-refractivity contribution in [3.05, 3.63) is 45.9 Å². The van der Waals surface area contributed by atoms with Gasteiger partial charge in [-0.05, 0) is 50.9 Å². The van der Waals surface area contributed by atoms with Crippen molar-refractivity contribution in [1.29, 1.82) is 0 Å². The molecule has 0 radical (unpaired) electrons. The van der Waals surface area contributed by atoms with Gasteiger partial charge in [0.05, 0.1) is 5.69 Å². The number of aliphatic hydroxyl groups is 1. The van der Waals surface area contributed by atoms with Crippen LogP contribution in [0.3, 0.4) is 0 Å². The van der Waals surface area contributed by atoms with Gasteiger partial charge in [0.2, 0.25) is 0 Å². The molecule has 4 nitrogen and oxygen atoms in total. The number of aryl methyl sites for hydroxylation is 1. The van der Waals surface area contributed by atoms with Gasteiger partial charge in [-0.2, -0.15) is 0 Å². The number of benzene rings is 1. The normalized spacial score (nSPS) is 16.6. The predicted octanol–water partition coefficient (Wildman–Crippen LogP) is 3.23. The van der Waals surface area contributed by atoms with Gasteiger partial charge in [0.1, 0.15) is 17.4 Å². The number of ether oxygens (including phenoxy) is 1. The Bertz CT molecular complexity index is 604. The van der Waals surface area contributed by atoms with Crippen molar-refractivity contribution >= 4 is 11.3 Å². The molecule has 2 aromatic rings. The quantitative estimate of drug-likeness (QED) is 0.882. The van der Waals surface area contributed by atoms with Crippen LogP contribution in [0.5, 0.6) is 5.75 Å². The molecule has 0 saturated carbocycles. The minimum absolute atomic E-state index is 0.324. The fourth-order valence-electron chi connectivity index (χ4n) is 2.82. The Hall–Kier alpha value is -1.43. The zero-order valence-electron chi connectivity index (χ0n) is 13.6. The molecular weight excluding hydrogens is 308 g/mol. The van der Waals surface area contributed by atoms with E-state index in [2.05, 4.69) is 34.3 Å². The molecule has 2 heterocycles. The van der Waals surface area contributed by atoms with E-state index in [1.54, 1.807) is 11.3 Å². The summed E-state index contributed by atoms with van der Waals surface area (Å²) < 4.78 is 5.79. The van der Waals surface area contributed by atoms with Gasteiger partial charge in [-0.25, -0.2) is 4.98 Å². The first-order chi connectivity index (χ1) is 11.2. The molecule has 1 aliphatic heterocycles. The van der Waals surface area contributed by atoms with E-state index in [1.165, 1.54) is 5.56 Å². The number of piperidine rings is 1. The van der Waals surface area contributed by atoms with Gasteiger partial charge in [-0.3, -0.25) is 4.90 Å². The Kier molecular flexibility index (Phi) is 5.65. The van der Waals surface area contributed by atoms with Crippen molar-refractivity contribution in [3.63, 3.8) is 0 Å². The number of thiazole rings is 1. The van der Waals surface area contributed by atoms with Crippen molar-refractivity contribution in [1.82, 2.24) is 9.88 Å². The Balaban J connectivity index is 1.47. The van der Waals surface area contributed by atoms with E-state index in [0.717, 1.165) is 48.9 Å². The van der Waals surface area contributed by atoms with Crippen LogP contribution in [-0.2, 0) is 13.2 Å². The van der Waals surface area contributed by atoms with Crippen LogP contribution in [0, 0.1) is 12.8 Å². The number of hydrogen-bond donors (Lipinski definition) is 1. The molecule has 1 aromatic carbocycles. The molecule has 1 N–H and O–H groups in total. The standard InChI is InChI=1S/C18H24N2O2S/c1-14-2-4-17(5-3-14)22-12-18-19-16(13-23-18)10-20-8-6-15(11-21)7-9-20/h2-5,13,15,21H,6-12H2,1H3. The maximum absolute atomic E-state index is 9.20. The summed E-state index contributed by atoms with van der Waals surface area (Å²) in [5.74, 6) is 1.37. The van der Waals surface area contributed by atoms with Gasteiger partial charge in [0, 0.05) is 18.5 Å². The lowest BCUT2D eigenvalue weighted by atomic mass is 9.98. The zero-order chi connectivity index (χ0) is 16.1. The minimum atomic E-state index is 0.324. The summed E-state index contributed by atoms with van der Waals surface area (Å²) >= 11 is 1.66. The fourth-order valence-corrected chi connectivity index (χ4v) is 3.52. The highest BCUT2D eigenvalue weighted by molar-refractivity contribution is 7.09. The van der Waals surface area contributed by atoms with Crippen molar-refractivity contribution in [3.8, 4) is 5.75 Å². The summed E-state index contributed by atoms with van der Waals surface area (Å²) in [6.07, 6.45) is 2.17. The summed E-state index contributed by atoms with van der Waals surface area (Å²) in [6, 6.07) is 8.10. The van der Waals surface area contributed by atoms with Crippen LogP contribution in [-0.4, -0.2) is 34.7 Å². The Morgan fingerprint density at radius 1 is 1.26 bits per heavy atom. The molecule has 3 rings (SSSR count). The van der Waals surface area contributed by atoms with Crippen LogP contribution >= 0.6 is 11.3 Å². The van der Waals surface area contributed by atoms with Crippen molar-refractivity contribution in [2.75, 3.05) is 19.7 Å². The van der Waals surface area contributed by atoms with Crippen LogP contribution in [0.4, 0.5) is 0 Å². The summed E-state index contributed by atoms with van der Waals surface area (Å²) in [6.45, 7) is 5.93. The van der Waals surface area contributed by atoms with Crippen LogP contribution in [0.1, 0.15) is 29.1 Å². The van der Waals surface area contributed by atoms with E-state index in [9.17, 15) is 5.11 Å². The molecule has 124 valence electrons. The van der Waals surface area contributed by atoms with E-state index >= 15 is 0 Å². The third-order valence-corrected chi connectivity index (χ3v) is 5.20. The molecule has 0 unspecified atom stereocenters. The van der Waals surface area contributed by atoms with Gasteiger partial charge in [-0.15, -0.1) is 11.3 Å².